The first-order valence-electron chi connectivity index (χ1n) is 7.09. The number of hydrogen-bond acceptors (Lipinski definition) is 5. The third-order valence-corrected chi connectivity index (χ3v) is 3.71. The van der Waals surface area contributed by atoms with Crippen LogP contribution in [0.2, 0.25) is 5.02 Å². The van der Waals surface area contributed by atoms with Gasteiger partial charge in [-0.05, 0) is 13.0 Å². The molecule has 2 heterocycles. The fourth-order valence-corrected chi connectivity index (χ4v) is 2.47. The van der Waals surface area contributed by atoms with E-state index in [1.807, 2.05) is 0 Å². The lowest BCUT2D eigenvalue weighted by atomic mass is 10.1. The maximum absolute atomic E-state index is 12.5. The molecule has 1 aromatic carbocycles. The highest BCUT2D eigenvalue weighted by atomic mass is 35.5. The van der Waals surface area contributed by atoms with Crippen LogP contribution in [0.3, 0.4) is 0 Å². The smallest absolute Gasteiger partial charge is 0.257 e. The van der Waals surface area contributed by atoms with Gasteiger partial charge in [0.1, 0.15) is 17.0 Å². The predicted octanol–water partition coefficient (Wildman–Crippen LogP) is 2.32. The van der Waals surface area contributed by atoms with E-state index < -0.39 is 0 Å². The van der Waals surface area contributed by atoms with Crippen molar-refractivity contribution in [3.63, 3.8) is 0 Å². The minimum Gasteiger partial charge on any atom is -0.360 e. The van der Waals surface area contributed by atoms with Gasteiger partial charge in [-0.3, -0.25) is 9.59 Å². The van der Waals surface area contributed by atoms with E-state index in [9.17, 15) is 9.59 Å². The topological polar surface area (TPSA) is 101 Å². The summed E-state index contributed by atoms with van der Waals surface area (Å²) in [4.78, 5) is 30.2. The van der Waals surface area contributed by atoms with Crippen molar-refractivity contribution in [2.45, 2.75) is 13.5 Å². The van der Waals surface area contributed by atoms with Crippen molar-refractivity contribution < 1.29 is 9.32 Å². The van der Waals surface area contributed by atoms with E-state index >= 15 is 0 Å². The quantitative estimate of drug-likeness (QED) is 0.756. The summed E-state index contributed by atoms with van der Waals surface area (Å²) in [5.41, 5.74) is 1.44. The molecule has 0 aliphatic carbocycles. The van der Waals surface area contributed by atoms with Gasteiger partial charge in [-0.2, -0.15) is 0 Å². The van der Waals surface area contributed by atoms with Crippen LogP contribution in [0.5, 0.6) is 0 Å². The van der Waals surface area contributed by atoms with Crippen molar-refractivity contribution in [1.82, 2.24) is 20.4 Å². The van der Waals surface area contributed by atoms with E-state index in [1.54, 1.807) is 31.2 Å². The van der Waals surface area contributed by atoms with Crippen molar-refractivity contribution in [3.8, 4) is 11.3 Å². The zero-order chi connectivity index (χ0) is 17.1. The van der Waals surface area contributed by atoms with Crippen molar-refractivity contribution in [2.75, 3.05) is 0 Å². The number of rotatable bonds is 4. The molecule has 0 radical (unpaired) electrons. The molecule has 122 valence electrons. The van der Waals surface area contributed by atoms with E-state index in [1.165, 1.54) is 12.4 Å². The van der Waals surface area contributed by atoms with Crippen LogP contribution in [0.4, 0.5) is 0 Å². The second-order valence-electron chi connectivity index (χ2n) is 5.03. The van der Waals surface area contributed by atoms with Gasteiger partial charge < -0.3 is 14.8 Å². The van der Waals surface area contributed by atoms with Crippen LogP contribution in [0.15, 0.2) is 46.0 Å². The zero-order valence-electron chi connectivity index (χ0n) is 12.7. The van der Waals surface area contributed by atoms with Gasteiger partial charge >= 0.3 is 0 Å². The molecule has 0 unspecified atom stereocenters. The Morgan fingerprint density at radius 1 is 1.38 bits per heavy atom. The average molecular weight is 345 g/mol. The Hall–Kier alpha value is -2.93. The standard InChI is InChI=1S/C16H13ClN4O3/c1-9-14(15(21-24-9)11-4-2-3-5-12(11)17)16(23)18-7-10-6-13(22)20-8-19-10/h2-6,8H,7H2,1H3,(H,18,23)(H,19,20,22). The van der Waals surface area contributed by atoms with Crippen molar-refractivity contribution in [3.05, 3.63) is 69.1 Å². The Labute approximate surface area is 141 Å². The maximum Gasteiger partial charge on any atom is 0.257 e. The third-order valence-electron chi connectivity index (χ3n) is 3.38. The number of carbonyl (C=O) groups excluding carboxylic acids is 1. The number of carbonyl (C=O) groups is 1. The summed E-state index contributed by atoms with van der Waals surface area (Å²) in [6, 6.07) is 8.37. The Morgan fingerprint density at radius 3 is 2.92 bits per heavy atom. The number of aromatic nitrogens is 3. The fourth-order valence-electron chi connectivity index (χ4n) is 2.24. The van der Waals surface area contributed by atoms with Crippen LogP contribution in [0.1, 0.15) is 21.8 Å². The molecule has 0 saturated heterocycles. The molecular weight excluding hydrogens is 332 g/mol. The van der Waals surface area contributed by atoms with Crippen LogP contribution in [0, 0.1) is 6.92 Å². The van der Waals surface area contributed by atoms with E-state index in [-0.39, 0.29) is 18.0 Å². The monoisotopic (exact) mass is 344 g/mol. The van der Waals surface area contributed by atoms with Gasteiger partial charge in [0.15, 0.2) is 0 Å². The summed E-state index contributed by atoms with van der Waals surface area (Å²) in [5.74, 6) is -0.00737. The number of hydrogen-bond donors (Lipinski definition) is 2. The average Bonchev–Trinajstić information content (AvgIpc) is 2.95. The number of nitrogens with one attached hydrogen (secondary N) is 2. The van der Waals surface area contributed by atoms with Gasteiger partial charge in [0.25, 0.3) is 11.5 Å². The minimum atomic E-state index is -0.384. The molecule has 0 bridgehead atoms. The van der Waals surface area contributed by atoms with E-state index in [2.05, 4.69) is 20.4 Å². The number of aryl methyl sites for hydroxylation is 1. The van der Waals surface area contributed by atoms with Gasteiger partial charge in [-0.1, -0.05) is 35.0 Å². The summed E-state index contributed by atoms with van der Waals surface area (Å²) in [5, 5.41) is 7.12. The number of halogens is 1. The zero-order valence-corrected chi connectivity index (χ0v) is 13.4. The number of aromatic amines is 1. The molecule has 7 nitrogen and oxygen atoms in total. The minimum absolute atomic E-state index is 0.106. The highest BCUT2D eigenvalue weighted by Gasteiger charge is 2.22. The van der Waals surface area contributed by atoms with Gasteiger partial charge in [-0.15, -0.1) is 0 Å². The van der Waals surface area contributed by atoms with Crippen molar-refractivity contribution >= 4 is 17.5 Å². The lowest BCUT2D eigenvalue weighted by molar-refractivity contribution is 0.0949. The maximum atomic E-state index is 12.5. The number of nitrogens with zero attached hydrogens (tertiary/aromatic N) is 2. The predicted molar refractivity (Wildman–Crippen MR) is 87.7 cm³/mol. The second kappa shape index (κ2) is 6.67. The Bertz CT molecular complexity index is 948. The van der Waals surface area contributed by atoms with Crippen LogP contribution in [-0.4, -0.2) is 21.0 Å². The fraction of sp³-hybridized carbons (Fsp3) is 0.125. The molecule has 0 fully saturated rings. The summed E-state index contributed by atoms with van der Waals surface area (Å²) in [6.45, 7) is 1.75. The summed E-state index contributed by atoms with van der Waals surface area (Å²) >= 11 is 6.17. The molecule has 0 atom stereocenters. The Morgan fingerprint density at radius 2 is 2.17 bits per heavy atom. The van der Waals surface area contributed by atoms with Gasteiger partial charge in [-0.25, -0.2) is 4.98 Å². The summed E-state index contributed by atoms with van der Waals surface area (Å²) in [7, 11) is 0. The second-order valence-corrected chi connectivity index (χ2v) is 5.43. The SMILES string of the molecule is Cc1onc(-c2ccccc2Cl)c1C(=O)NCc1cc(=O)[nH]cn1. The Kier molecular flexibility index (Phi) is 4.43. The molecule has 2 aromatic heterocycles. The lowest BCUT2D eigenvalue weighted by Crippen LogP contribution is -2.25. The molecule has 8 heteroatoms. The number of amides is 1. The van der Waals surface area contributed by atoms with Crippen LogP contribution >= 0.6 is 11.6 Å². The van der Waals surface area contributed by atoms with Gasteiger partial charge in [0.2, 0.25) is 0 Å². The molecule has 0 saturated carbocycles. The summed E-state index contributed by atoms with van der Waals surface area (Å²) in [6.07, 6.45) is 1.28. The van der Waals surface area contributed by atoms with E-state index in [0.717, 1.165) is 0 Å². The molecule has 1 amide bonds. The van der Waals surface area contributed by atoms with Crippen LogP contribution in [-0.2, 0) is 6.54 Å². The Balaban J connectivity index is 1.87. The molecule has 0 aliphatic rings. The first-order valence-corrected chi connectivity index (χ1v) is 7.47. The molecule has 3 aromatic rings. The highest BCUT2D eigenvalue weighted by Crippen LogP contribution is 2.30. The van der Waals surface area contributed by atoms with Crippen molar-refractivity contribution in [1.29, 1.82) is 0 Å². The first-order chi connectivity index (χ1) is 11.6. The van der Waals surface area contributed by atoms with E-state index in [4.69, 9.17) is 16.1 Å². The third kappa shape index (κ3) is 3.21. The highest BCUT2D eigenvalue weighted by molar-refractivity contribution is 6.33. The molecule has 24 heavy (non-hydrogen) atoms. The van der Waals surface area contributed by atoms with Crippen LogP contribution < -0.4 is 10.9 Å². The lowest BCUT2D eigenvalue weighted by Gasteiger charge is -2.06. The molecular formula is C16H13ClN4O3. The van der Waals surface area contributed by atoms with E-state index in [0.29, 0.717) is 33.3 Å². The van der Waals surface area contributed by atoms with Crippen LogP contribution in [0.25, 0.3) is 11.3 Å². The van der Waals surface area contributed by atoms with Gasteiger partial charge in [0, 0.05) is 11.6 Å². The molecule has 0 spiro atoms. The normalized spacial score (nSPS) is 10.6. The first kappa shape index (κ1) is 15.9. The largest absolute Gasteiger partial charge is 0.360 e. The van der Waals surface area contributed by atoms with Crippen molar-refractivity contribution in [2.24, 2.45) is 0 Å². The number of H-pyrrole nitrogens is 1. The molecule has 3 rings (SSSR count). The summed E-state index contributed by atoms with van der Waals surface area (Å²) < 4.78 is 5.16. The molecule has 0 aliphatic heterocycles. The molecule has 2 N–H and O–H groups in total. The van der Waals surface area contributed by atoms with Gasteiger partial charge in [0.05, 0.1) is 23.6 Å². The number of benzene rings is 1.